The quantitative estimate of drug-likeness (QED) is 0.727. The Labute approximate surface area is 95.8 Å². The summed E-state index contributed by atoms with van der Waals surface area (Å²) in [6, 6.07) is 4.76. The second-order valence-corrected chi connectivity index (χ2v) is 3.75. The molecule has 3 nitrogen and oxygen atoms in total. The lowest BCUT2D eigenvalue weighted by Gasteiger charge is -2.12. The minimum atomic E-state index is -0.357. The second-order valence-electron chi connectivity index (χ2n) is 3.75. The van der Waals surface area contributed by atoms with E-state index in [1.807, 2.05) is 13.1 Å². The Morgan fingerprint density at radius 1 is 1.50 bits per heavy atom. The Balaban J connectivity index is 2.62. The maximum atomic E-state index is 13.4. The Morgan fingerprint density at radius 2 is 2.25 bits per heavy atom. The Hall–Kier alpha value is -1.13. The van der Waals surface area contributed by atoms with Crippen LogP contribution in [0.25, 0.3) is 0 Å². The number of nitrogens with one attached hydrogen (secondary N) is 1. The molecular formula is C12H19FN2O. The van der Waals surface area contributed by atoms with Gasteiger partial charge in [0.25, 0.3) is 0 Å². The fourth-order valence-electron chi connectivity index (χ4n) is 1.58. The molecule has 0 aliphatic carbocycles. The van der Waals surface area contributed by atoms with Crippen LogP contribution >= 0.6 is 0 Å². The van der Waals surface area contributed by atoms with Crippen LogP contribution in [0.4, 0.5) is 4.39 Å². The van der Waals surface area contributed by atoms with Crippen LogP contribution in [-0.4, -0.2) is 20.7 Å². The van der Waals surface area contributed by atoms with Crippen LogP contribution in [0.2, 0.25) is 0 Å². The highest BCUT2D eigenvalue weighted by Gasteiger charge is 2.09. The van der Waals surface area contributed by atoms with E-state index in [0.717, 1.165) is 24.9 Å². The molecule has 0 aliphatic heterocycles. The first kappa shape index (κ1) is 12.9. The van der Waals surface area contributed by atoms with E-state index < -0.39 is 0 Å². The summed E-state index contributed by atoms with van der Waals surface area (Å²) in [6.07, 6.45) is 1.82. The van der Waals surface area contributed by atoms with Crippen molar-refractivity contribution in [3.8, 4) is 5.75 Å². The highest BCUT2D eigenvalue weighted by Crippen LogP contribution is 2.22. The van der Waals surface area contributed by atoms with Crippen molar-refractivity contribution in [1.29, 1.82) is 0 Å². The molecule has 1 atom stereocenters. The standard InChI is InChI=1S/C12H19FN2O/c1-15-7-3-4-11(14)9-5-6-12(16-2)10(13)8-9/h5-6,8,11,15H,3-4,7,14H2,1-2H3. The number of benzene rings is 1. The summed E-state index contributed by atoms with van der Waals surface area (Å²) in [4.78, 5) is 0. The summed E-state index contributed by atoms with van der Waals surface area (Å²) in [5, 5.41) is 3.05. The van der Waals surface area contributed by atoms with Crippen molar-refractivity contribution < 1.29 is 9.13 Å². The van der Waals surface area contributed by atoms with Gasteiger partial charge in [-0.25, -0.2) is 4.39 Å². The maximum Gasteiger partial charge on any atom is 0.165 e. The maximum absolute atomic E-state index is 13.4. The average Bonchev–Trinajstić information content (AvgIpc) is 2.29. The molecule has 0 bridgehead atoms. The smallest absolute Gasteiger partial charge is 0.165 e. The van der Waals surface area contributed by atoms with Crippen molar-refractivity contribution in [1.82, 2.24) is 5.32 Å². The molecule has 3 N–H and O–H groups in total. The van der Waals surface area contributed by atoms with Gasteiger partial charge < -0.3 is 15.8 Å². The molecule has 1 aromatic rings. The van der Waals surface area contributed by atoms with Crippen molar-refractivity contribution >= 4 is 0 Å². The predicted octanol–water partition coefficient (Wildman–Crippen LogP) is 1.83. The van der Waals surface area contributed by atoms with E-state index in [0.29, 0.717) is 0 Å². The summed E-state index contributed by atoms with van der Waals surface area (Å²) < 4.78 is 18.3. The van der Waals surface area contributed by atoms with Crippen molar-refractivity contribution in [2.24, 2.45) is 5.73 Å². The zero-order valence-corrected chi connectivity index (χ0v) is 9.79. The summed E-state index contributed by atoms with van der Waals surface area (Å²) in [5.74, 6) is -0.102. The molecular weight excluding hydrogens is 207 g/mol. The molecule has 0 heterocycles. The van der Waals surface area contributed by atoms with Gasteiger partial charge >= 0.3 is 0 Å². The molecule has 1 unspecified atom stereocenters. The van der Waals surface area contributed by atoms with Crippen LogP contribution in [0, 0.1) is 5.82 Å². The van der Waals surface area contributed by atoms with E-state index in [9.17, 15) is 4.39 Å². The van der Waals surface area contributed by atoms with E-state index in [2.05, 4.69) is 5.32 Å². The molecule has 1 aromatic carbocycles. The normalized spacial score (nSPS) is 12.5. The van der Waals surface area contributed by atoms with Crippen LogP contribution in [0.3, 0.4) is 0 Å². The van der Waals surface area contributed by atoms with E-state index in [1.54, 1.807) is 6.07 Å². The van der Waals surface area contributed by atoms with Gasteiger partial charge in [0.2, 0.25) is 0 Å². The topological polar surface area (TPSA) is 47.3 Å². The van der Waals surface area contributed by atoms with E-state index in [1.165, 1.54) is 13.2 Å². The average molecular weight is 226 g/mol. The number of ether oxygens (including phenoxy) is 1. The van der Waals surface area contributed by atoms with E-state index in [4.69, 9.17) is 10.5 Å². The second kappa shape index (κ2) is 6.45. The van der Waals surface area contributed by atoms with E-state index in [-0.39, 0.29) is 17.6 Å². The number of halogens is 1. The van der Waals surface area contributed by atoms with Crippen molar-refractivity contribution in [2.75, 3.05) is 20.7 Å². The molecule has 0 spiro atoms. The molecule has 0 fully saturated rings. The van der Waals surface area contributed by atoms with Gasteiger partial charge in [0, 0.05) is 6.04 Å². The van der Waals surface area contributed by atoms with Crippen LogP contribution in [0.1, 0.15) is 24.4 Å². The van der Waals surface area contributed by atoms with Gasteiger partial charge in [-0.1, -0.05) is 6.07 Å². The van der Waals surface area contributed by atoms with Gasteiger partial charge in [-0.3, -0.25) is 0 Å². The monoisotopic (exact) mass is 226 g/mol. The summed E-state index contributed by atoms with van der Waals surface area (Å²) in [6.45, 7) is 0.923. The first-order chi connectivity index (χ1) is 7.69. The van der Waals surface area contributed by atoms with Gasteiger partial charge in [0.05, 0.1) is 7.11 Å². The summed E-state index contributed by atoms with van der Waals surface area (Å²) >= 11 is 0. The van der Waals surface area contributed by atoms with E-state index >= 15 is 0 Å². The van der Waals surface area contributed by atoms with Crippen LogP contribution in [0.15, 0.2) is 18.2 Å². The number of hydrogen-bond donors (Lipinski definition) is 2. The lowest BCUT2D eigenvalue weighted by Crippen LogP contribution is -2.14. The third-order valence-electron chi connectivity index (χ3n) is 2.55. The minimum Gasteiger partial charge on any atom is -0.494 e. The highest BCUT2D eigenvalue weighted by molar-refractivity contribution is 5.30. The first-order valence-corrected chi connectivity index (χ1v) is 5.42. The third kappa shape index (κ3) is 3.47. The highest BCUT2D eigenvalue weighted by atomic mass is 19.1. The molecule has 90 valence electrons. The van der Waals surface area contributed by atoms with Crippen LogP contribution < -0.4 is 15.8 Å². The van der Waals surface area contributed by atoms with Gasteiger partial charge in [0.1, 0.15) is 0 Å². The lowest BCUT2D eigenvalue weighted by molar-refractivity contribution is 0.385. The van der Waals surface area contributed by atoms with Crippen LogP contribution in [0.5, 0.6) is 5.75 Å². The fourth-order valence-corrected chi connectivity index (χ4v) is 1.58. The molecule has 0 saturated carbocycles. The Kier molecular flexibility index (Phi) is 5.22. The zero-order valence-electron chi connectivity index (χ0n) is 9.79. The summed E-state index contributed by atoms with van der Waals surface area (Å²) in [5.41, 5.74) is 6.78. The molecule has 0 radical (unpaired) electrons. The van der Waals surface area contributed by atoms with Gasteiger partial charge in [-0.05, 0) is 44.1 Å². The largest absolute Gasteiger partial charge is 0.494 e. The molecule has 0 aromatic heterocycles. The molecule has 1 rings (SSSR count). The Bertz CT molecular complexity index is 331. The van der Waals surface area contributed by atoms with Gasteiger partial charge in [-0.15, -0.1) is 0 Å². The zero-order chi connectivity index (χ0) is 12.0. The summed E-state index contributed by atoms with van der Waals surface area (Å²) in [7, 11) is 3.35. The number of nitrogens with two attached hydrogens (primary N) is 1. The van der Waals surface area contributed by atoms with Crippen molar-refractivity contribution in [3.05, 3.63) is 29.6 Å². The SMILES string of the molecule is CNCCCC(N)c1ccc(OC)c(F)c1. The Morgan fingerprint density at radius 3 is 2.81 bits per heavy atom. The number of rotatable bonds is 6. The van der Waals surface area contributed by atoms with Gasteiger partial charge in [-0.2, -0.15) is 0 Å². The molecule has 0 saturated heterocycles. The molecule has 16 heavy (non-hydrogen) atoms. The first-order valence-electron chi connectivity index (χ1n) is 5.42. The number of methoxy groups -OCH3 is 1. The predicted molar refractivity (Wildman–Crippen MR) is 63.0 cm³/mol. The van der Waals surface area contributed by atoms with Crippen molar-refractivity contribution in [3.63, 3.8) is 0 Å². The number of hydrogen-bond acceptors (Lipinski definition) is 3. The van der Waals surface area contributed by atoms with Crippen molar-refractivity contribution in [2.45, 2.75) is 18.9 Å². The lowest BCUT2D eigenvalue weighted by atomic mass is 10.0. The van der Waals surface area contributed by atoms with Gasteiger partial charge in [0.15, 0.2) is 11.6 Å². The molecule has 0 amide bonds. The molecule has 4 heteroatoms. The fraction of sp³-hybridized carbons (Fsp3) is 0.500. The van der Waals surface area contributed by atoms with Crippen LogP contribution in [-0.2, 0) is 0 Å². The third-order valence-corrected chi connectivity index (χ3v) is 2.55. The minimum absolute atomic E-state index is 0.117. The molecule has 0 aliphatic rings.